The summed E-state index contributed by atoms with van der Waals surface area (Å²) in [5.74, 6) is 0.267. The fourth-order valence-corrected chi connectivity index (χ4v) is 13.7. The summed E-state index contributed by atoms with van der Waals surface area (Å²) in [5.41, 5.74) is 0.970. The number of aromatic nitrogens is 3. The van der Waals surface area contributed by atoms with Crippen LogP contribution < -0.4 is 5.32 Å². The number of carbonyl (C=O) groups excluding carboxylic acids is 2. The van der Waals surface area contributed by atoms with Crippen LogP contribution in [0.2, 0.25) is 0 Å². The Morgan fingerprint density at radius 3 is 2.36 bits per heavy atom. The van der Waals surface area contributed by atoms with E-state index in [1.165, 1.54) is 5.57 Å². The van der Waals surface area contributed by atoms with Gasteiger partial charge in [-0.25, -0.2) is 0 Å². The minimum Gasteiger partial charge on any atom is -0.459 e. The lowest BCUT2D eigenvalue weighted by atomic mass is 9.33. The molecule has 7 rings (SSSR count). The molecule has 0 aromatic carbocycles. The first-order valence-electron chi connectivity index (χ1n) is 22.4. The molecule has 14 heteroatoms. The van der Waals surface area contributed by atoms with E-state index < -0.39 is 54.9 Å². The lowest BCUT2D eigenvalue weighted by Crippen LogP contribution is -2.67. The second kappa shape index (κ2) is 16.0. The lowest BCUT2D eigenvalue weighted by Gasteiger charge is -2.71. The van der Waals surface area contributed by atoms with Gasteiger partial charge in [-0.1, -0.05) is 71.7 Å². The van der Waals surface area contributed by atoms with Crippen LogP contribution in [-0.2, 0) is 32.2 Å². The SMILES string of the molecule is CC1(C)CC[C@]2(C(=O)OCc3cn(CCCCCC(=O)N[C@@H]4O[C@H](CO)[C@@H](O)[C@H](O)[C@H]4O)nn3)CC[C@]3(C)C(=CC[C@@H]4[C@@]5(C)C[C@@H](O)[C@H](O)C(C)(C)[C@@H]5CC[C@]43C)[C@@H]2C1. The maximum atomic E-state index is 14.5. The van der Waals surface area contributed by atoms with Crippen molar-refractivity contribution < 1.29 is 49.7 Å². The van der Waals surface area contributed by atoms with E-state index in [4.69, 9.17) is 9.47 Å². The van der Waals surface area contributed by atoms with Gasteiger partial charge in [-0.2, -0.15) is 0 Å². The second-order valence-corrected chi connectivity index (χ2v) is 21.6. The first-order chi connectivity index (χ1) is 27.6. The molecule has 0 radical (unpaired) electrons. The Bertz CT molecular complexity index is 1750. The predicted octanol–water partition coefficient (Wildman–Crippen LogP) is 3.93. The second-order valence-electron chi connectivity index (χ2n) is 21.6. The van der Waals surface area contributed by atoms with Gasteiger partial charge >= 0.3 is 5.97 Å². The van der Waals surface area contributed by atoms with Crippen molar-refractivity contribution in [3.8, 4) is 0 Å². The van der Waals surface area contributed by atoms with Crippen molar-refractivity contribution in [1.29, 1.82) is 0 Å². The number of amides is 1. The first kappa shape index (κ1) is 44.6. The molecule has 14 atom stereocenters. The molecule has 4 saturated carbocycles. The number of esters is 1. The first-order valence-corrected chi connectivity index (χ1v) is 22.4. The Morgan fingerprint density at radius 2 is 1.63 bits per heavy atom. The van der Waals surface area contributed by atoms with E-state index in [9.17, 15) is 40.2 Å². The van der Waals surface area contributed by atoms with Crippen molar-refractivity contribution in [2.24, 2.45) is 50.2 Å². The molecule has 5 fully saturated rings. The summed E-state index contributed by atoms with van der Waals surface area (Å²) in [6.07, 6.45) is 6.17. The highest BCUT2D eigenvalue weighted by molar-refractivity contribution is 5.79. The van der Waals surface area contributed by atoms with Crippen molar-refractivity contribution in [1.82, 2.24) is 20.3 Å². The smallest absolute Gasteiger partial charge is 0.313 e. The Hall–Kier alpha value is -2.46. The summed E-state index contributed by atoms with van der Waals surface area (Å²) in [4.78, 5) is 27.0. The lowest BCUT2D eigenvalue weighted by molar-refractivity contribution is -0.236. The maximum absolute atomic E-state index is 14.5. The molecule has 0 bridgehead atoms. The van der Waals surface area contributed by atoms with Crippen LogP contribution in [0.1, 0.15) is 138 Å². The van der Waals surface area contributed by atoms with Gasteiger partial charge in [0.05, 0.1) is 30.4 Å². The average molecular weight is 829 g/mol. The van der Waals surface area contributed by atoms with E-state index >= 15 is 0 Å². The fourth-order valence-electron chi connectivity index (χ4n) is 13.7. The van der Waals surface area contributed by atoms with Gasteiger partial charge in [-0.15, -0.1) is 5.10 Å². The van der Waals surface area contributed by atoms with Gasteiger partial charge in [-0.3, -0.25) is 14.3 Å². The van der Waals surface area contributed by atoms with Gasteiger partial charge in [0.25, 0.3) is 0 Å². The topological polar surface area (TPSA) is 217 Å². The molecule has 59 heavy (non-hydrogen) atoms. The summed E-state index contributed by atoms with van der Waals surface area (Å²) in [7, 11) is 0. The van der Waals surface area contributed by atoms with E-state index in [0.717, 1.165) is 57.8 Å². The number of carbonyl (C=O) groups is 2. The van der Waals surface area contributed by atoms with Gasteiger partial charge in [-0.05, 0) is 115 Å². The molecule has 1 aliphatic heterocycles. The molecule has 0 spiro atoms. The van der Waals surface area contributed by atoms with E-state index in [1.807, 2.05) is 0 Å². The van der Waals surface area contributed by atoms with E-state index in [2.05, 4.69) is 70.2 Å². The summed E-state index contributed by atoms with van der Waals surface area (Å²) in [6.45, 7) is 16.4. The number of ether oxygens (including phenoxy) is 2. The summed E-state index contributed by atoms with van der Waals surface area (Å²) < 4.78 is 13.3. The molecule has 1 aromatic rings. The highest BCUT2D eigenvalue weighted by Crippen LogP contribution is 2.75. The number of aliphatic hydroxyl groups excluding tert-OH is 6. The van der Waals surface area contributed by atoms with E-state index in [0.29, 0.717) is 43.3 Å². The monoisotopic (exact) mass is 829 g/mol. The molecule has 0 unspecified atom stereocenters. The zero-order valence-corrected chi connectivity index (χ0v) is 36.4. The Balaban J connectivity index is 0.959. The molecule has 1 saturated heterocycles. The highest BCUT2D eigenvalue weighted by Gasteiger charge is 2.70. The van der Waals surface area contributed by atoms with Crippen LogP contribution in [0, 0.1) is 50.2 Å². The number of aliphatic hydroxyl groups is 6. The Labute approximate surface area is 349 Å². The van der Waals surface area contributed by atoms with Gasteiger partial charge in [0.1, 0.15) is 36.7 Å². The Morgan fingerprint density at radius 1 is 0.898 bits per heavy atom. The van der Waals surface area contributed by atoms with Gasteiger partial charge in [0.2, 0.25) is 5.91 Å². The summed E-state index contributed by atoms with van der Waals surface area (Å²) in [6, 6.07) is 0. The third-order valence-corrected chi connectivity index (χ3v) is 17.4. The molecule has 5 aliphatic carbocycles. The third kappa shape index (κ3) is 7.52. The molecule has 2 heterocycles. The molecule has 332 valence electrons. The standard InChI is InChI=1S/C45H72N4O10/c1-40(2)16-18-45(19-17-43(6)27(28(45)21-40)12-13-32-42(5)22-29(51)37(56)41(3,4)31(42)14-15-44(32,43)7)39(57)58-25-26-23-49(48-47-26)20-10-8-9-11-33(52)46-38-36(55)35(54)34(53)30(24-50)59-38/h12,23,28-32,34-38,50-51,53-56H,8-11,13-22,24-25H2,1-7H3,(H,46,52)/t28-,29+,30+,31-,32+,34+,35-,36+,37-,38+,42-,43+,44+,45-/m0/s1. The highest BCUT2D eigenvalue weighted by atomic mass is 16.6. The number of hydrogen-bond acceptors (Lipinski definition) is 12. The van der Waals surface area contributed by atoms with Crippen LogP contribution in [0.4, 0.5) is 0 Å². The number of fused-ring (bicyclic) bond motifs is 7. The molecule has 1 amide bonds. The molecule has 1 aromatic heterocycles. The summed E-state index contributed by atoms with van der Waals surface area (Å²) >= 11 is 0. The maximum Gasteiger partial charge on any atom is 0.313 e. The van der Waals surface area contributed by atoms with Crippen LogP contribution >= 0.6 is 0 Å². The number of nitrogens with one attached hydrogen (secondary N) is 1. The normalized spacial score (nSPS) is 43.6. The zero-order valence-electron chi connectivity index (χ0n) is 36.4. The van der Waals surface area contributed by atoms with Crippen molar-refractivity contribution in [3.63, 3.8) is 0 Å². The minimum atomic E-state index is -1.55. The van der Waals surface area contributed by atoms with Crippen LogP contribution in [0.3, 0.4) is 0 Å². The number of aryl methyl sites for hydroxylation is 1. The average Bonchev–Trinajstić information content (AvgIpc) is 3.63. The number of rotatable bonds is 11. The molecular weight excluding hydrogens is 757 g/mol. The van der Waals surface area contributed by atoms with E-state index in [-0.39, 0.29) is 57.9 Å². The minimum absolute atomic E-state index is 0.00292. The van der Waals surface area contributed by atoms with Crippen molar-refractivity contribution in [3.05, 3.63) is 23.5 Å². The van der Waals surface area contributed by atoms with Gasteiger partial charge < -0.3 is 45.4 Å². The molecular formula is C45H72N4O10. The number of allylic oxidation sites excluding steroid dienone is 2. The predicted molar refractivity (Wildman–Crippen MR) is 217 cm³/mol. The van der Waals surface area contributed by atoms with Crippen LogP contribution in [0.25, 0.3) is 0 Å². The largest absolute Gasteiger partial charge is 0.459 e. The zero-order chi connectivity index (χ0) is 42.9. The number of hydrogen-bond donors (Lipinski definition) is 7. The Kier molecular flexibility index (Phi) is 12.1. The number of unbranched alkanes of at least 4 members (excludes halogenated alkanes) is 2. The van der Waals surface area contributed by atoms with Crippen molar-refractivity contribution >= 4 is 11.9 Å². The van der Waals surface area contributed by atoms with Crippen LogP contribution in [-0.4, -0.2) is 107 Å². The third-order valence-electron chi connectivity index (χ3n) is 17.4. The van der Waals surface area contributed by atoms with Crippen LogP contribution in [0.15, 0.2) is 17.8 Å². The molecule has 14 nitrogen and oxygen atoms in total. The fraction of sp³-hybridized carbons (Fsp3) is 0.867. The summed E-state index contributed by atoms with van der Waals surface area (Å²) in [5, 5.41) is 72.9. The van der Waals surface area contributed by atoms with Crippen molar-refractivity contribution in [2.75, 3.05) is 6.61 Å². The van der Waals surface area contributed by atoms with Gasteiger partial charge in [0.15, 0.2) is 6.23 Å². The van der Waals surface area contributed by atoms with Crippen molar-refractivity contribution in [2.45, 2.75) is 188 Å². The van der Waals surface area contributed by atoms with Crippen LogP contribution in [0.5, 0.6) is 0 Å². The molecule has 6 aliphatic rings. The van der Waals surface area contributed by atoms with Gasteiger partial charge in [0, 0.05) is 13.0 Å². The quantitative estimate of drug-likeness (QED) is 0.0960. The molecule has 7 N–H and O–H groups in total. The number of nitrogens with zero attached hydrogens (tertiary/aromatic N) is 3. The van der Waals surface area contributed by atoms with E-state index in [1.54, 1.807) is 10.9 Å².